The number of likely N-dealkylation sites (tertiary alicyclic amines) is 3. The summed E-state index contributed by atoms with van der Waals surface area (Å²) >= 11 is 4.23. The van der Waals surface area contributed by atoms with Gasteiger partial charge in [0.05, 0.1) is 99.4 Å². The number of thiazole rings is 4. The lowest BCUT2D eigenvalue weighted by atomic mass is 9.78. The van der Waals surface area contributed by atoms with Gasteiger partial charge >= 0.3 is 0 Å². The van der Waals surface area contributed by atoms with Crippen LogP contribution in [0.3, 0.4) is 0 Å². The first-order valence-electron chi connectivity index (χ1n) is 49.7. The minimum absolute atomic E-state index is 0.00608. The summed E-state index contributed by atoms with van der Waals surface area (Å²) in [7, 11) is 0. The number of ether oxygens (including phenoxy) is 1. The lowest BCUT2D eigenvalue weighted by Gasteiger charge is -2.39. The van der Waals surface area contributed by atoms with Gasteiger partial charge in [-0.1, -0.05) is 0 Å². The van der Waals surface area contributed by atoms with Crippen molar-refractivity contribution in [1.82, 2.24) is 80.7 Å². The standard InChI is InChI=1S/C27H37N5O3S.2C26H35F2N5O3S.C23H29F2N5O4S/c1-15-13-20(31-27(5)11-6-12-27)28-14-19(15)22-21(25(34)32-17-7-8-18(32)10-9-17)30-24(36-22)23(33)29-16(2)26(3,4)35;1-13-9-19(30-15(3)17-7-8-17)29-11-18(13)21-20(24(35)33-12-26(27,28)10-14(33)2)32-23(37-21)22(34)31-16(4)25(5,6)36;1-14-10-18(32-25(6)8-7-9-25)29-12-17(14)20-19(23(35)33-13-26(27,28)11-15(33)2)31-22(37-20)21(34)30-16(3)24(4,5)36;1-11(2)27-17-5-12(3)14(7-26-17)19-18(22(33)30-10-23(24,25)6-13(30)4)29-21(35-19)20(32)28-15-8-34-9-16(15)31/h13-14,16-18,35H,6-12H2,1-5H3,(H,28,31)(H,29,33);9,11,14-17,36H,7-8,10,12H2,1-6H3,(H,29,30)(H,31,34);10,12,15-16,36H,7-9,11,13H2,1-6H3,(H,29,32)(H,30,34);5,7,11,13,15-16,31H,6,8-10H2,1-4H3,(H,26,27)(H,28,32)/t16-,17?,18?;14-,15-,16+;15-,16-;13-,15-,16-/m0000/s1. The predicted octanol–water partition coefficient (Wildman–Crippen LogP) is 16.3. The van der Waals surface area contributed by atoms with Crippen molar-refractivity contribution >= 4 is 116 Å². The van der Waals surface area contributed by atoms with E-state index >= 15 is 0 Å². The van der Waals surface area contributed by atoms with Crippen LogP contribution in [-0.2, 0) is 4.74 Å². The number of anilines is 4. The summed E-state index contributed by atoms with van der Waals surface area (Å²) < 4.78 is 89.6. The molecule has 2 bridgehead atoms. The number of hydrogen-bond acceptors (Lipinski definition) is 29. The van der Waals surface area contributed by atoms with Crippen LogP contribution in [0.1, 0.15) is 317 Å². The molecule has 12 N–H and O–H groups in total. The van der Waals surface area contributed by atoms with Crippen molar-refractivity contribution in [3.8, 4) is 41.8 Å². The molecule has 3 aliphatic carbocycles. The molecule has 8 aromatic rings. The van der Waals surface area contributed by atoms with Gasteiger partial charge in [0.25, 0.3) is 65.0 Å². The van der Waals surface area contributed by atoms with E-state index in [0.29, 0.717) is 71.3 Å². The lowest BCUT2D eigenvalue weighted by molar-refractivity contribution is 0.0115. The van der Waals surface area contributed by atoms with E-state index in [1.54, 1.807) is 108 Å². The van der Waals surface area contributed by atoms with E-state index in [0.717, 1.165) is 140 Å². The van der Waals surface area contributed by atoms with E-state index in [1.807, 2.05) is 70.7 Å². The molecule has 9 aliphatic rings. The predicted molar refractivity (Wildman–Crippen MR) is 547 cm³/mol. The number of nitrogens with one attached hydrogen (secondary N) is 8. The van der Waals surface area contributed by atoms with Gasteiger partial charge in [-0.25, -0.2) is 66.2 Å². The molecule has 33 nitrogen and oxygen atoms in total. The third-order valence-corrected chi connectivity index (χ3v) is 33.4. The summed E-state index contributed by atoms with van der Waals surface area (Å²) in [5.74, 6) is -9.50. The summed E-state index contributed by atoms with van der Waals surface area (Å²) in [4.78, 5) is 149. The molecule has 6 aliphatic heterocycles. The van der Waals surface area contributed by atoms with Gasteiger partial charge in [0.1, 0.15) is 46.0 Å². The number of fused-ring (bicyclic) bond motifs is 2. The SMILES string of the molecule is Cc1cc(NC(C)C)ncc1-c1sc(C(=O)N[C@H]2COC[C@@H]2O)nc1C(=O)N1CC(F)(F)C[C@@H]1C.Cc1cc(NC2(C)CCC2)ncc1-c1sc(C(=O)N[C@@H](C)C(C)(C)O)nc1C(=O)N1C2CCC1CC2.Cc1cc(NC2(C)CCC2)ncc1-c1sc(C(=O)N[C@@H](C)C(C)(C)O)nc1C(=O)N1CC(F)(F)C[C@@H]1C.Cc1cc(N[C@@H](C)C2CC2)ncc1-c1sc(C(=O)N[C@H](C)C(C)(C)O)nc1C(=O)N1CC(F)(F)C[C@@H]1C. The number of alkyl halides is 6. The maximum atomic E-state index is 14.1. The first-order chi connectivity index (χ1) is 67.6. The molecule has 0 unspecified atom stereocenters. The number of aliphatic hydroxyl groups is 4. The van der Waals surface area contributed by atoms with Gasteiger partial charge in [0, 0.05) is 120 Å². The van der Waals surface area contributed by atoms with E-state index in [2.05, 4.69) is 103 Å². The smallest absolute Gasteiger partial charge is 0.280 e. The van der Waals surface area contributed by atoms with Crippen molar-refractivity contribution in [2.24, 2.45) is 5.92 Å². The molecule has 43 heteroatoms. The summed E-state index contributed by atoms with van der Waals surface area (Å²) in [6.07, 6.45) is 17.8. The fourth-order valence-electron chi connectivity index (χ4n) is 18.8. The summed E-state index contributed by atoms with van der Waals surface area (Å²) in [5, 5.41) is 65.5. The highest BCUT2D eigenvalue weighted by atomic mass is 32.1. The molecule has 145 heavy (non-hydrogen) atoms. The van der Waals surface area contributed by atoms with Crippen LogP contribution in [0, 0.1) is 33.6 Å². The summed E-state index contributed by atoms with van der Waals surface area (Å²) in [5.41, 5.74) is 2.85. The van der Waals surface area contributed by atoms with Gasteiger partial charge in [-0.15, -0.1) is 45.3 Å². The van der Waals surface area contributed by atoms with Crippen LogP contribution in [0.2, 0.25) is 0 Å². The average Bonchev–Trinajstić information content (AvgIpc) is 1.64. The van der Waals surface area contributed by atoms with E-state index in [4.69, 9.17) is 4.74 Å². The molecule has 14 heterocycles. The van der Waals surface area contributed by atoms with Gasteiger partial charge in [-0.05, 0) is 275 Å². The van der Waals surface area contributed by atoms with Crippen molar-refractivity contribution in [2.45, 2.75) is 360 Å². The molecule has 8 amide bonds. The maximum Gasteiger partial charge on any atom is 0.280 e. The minimum Gasteiger partial charge on any atom is -0.388 e. The molecule has 6 saturated heterocycles. The highest BCUT2D eigenvalue weighted by molar-refractivity contribution is 7.18. The van der Waals surface area contributed by atoms with Crippen LogP contribution in [0.25, 0.3) is 41.8 Å². The van der Waals surface area contributed by atoms with Crippen LogP contribution in [0.15, 0.2) is 49.1 Å². The highest BCUT2D eigenvalue weighted by Crippen LogP contribution is 2.47. The summed E-state index contributed by atoms with van der Waals surface area (Å²) in [6, 6.07) is 4.31. The quantitative estimate of drug-likeness (QED) is 0.0203. The molecule has 3 saturated carbocycles. The molecule has 0 aromatic carbocycles. The zero-order valence-corrected chi connectivity index (χ0v) is 89.3. The molecule has 8 aromatic heterocycles. The van der Waals surface area contributed by atoms with Crippen LogP contribution < -0.4 is 42.5 Å². The Morgan fingerprint density at radius 1 is 0.434 bits per heavy atom. The first kappa shape index (κ1) is 110. The Kier molecular flexibility index (Phi) is 32.6. The largest absolute Gasteiger partial charge is 0.388 e. The third kappa shape index (κ3) is 25.9. The van der Waals surface area contributed by atoms with Gasteiger partial charge in [0.15, 0.2) is 20.0 Å². The van der Waals surface area contributed by atoms with Gasteiger partial charge in [-0.3, -0.25) is 38.4 Å². The topological polar surface area (TPSA) is 439 Å². The van der Waals surface area contributed by atoms with Crippen molar-refractivity contribution in [3.63, 3.8) is 0 Å². The molecule has 17 rings (SSSR count). The fourth-order valence-corrected chi connectivity index (χ4v) is 23.0. The Morgan fingerprint density at radius 3 is 0.993 bits per heavy atom. The zero-order valence-electron chi connectivity index (χ0n) is 86.0. The Balaban J connectivity index is 0.000000153. The van der Waals surface area contributed by atoms with Crippen molar-refractivity contribution < 1.29 is 89.9 Å². The maximum absolute atomic E-state index is 14.1. The second kappa shape index (κ2) is 43.0. The third-order valence-electron chi connectivity index (χ3n) is 29.1. The molecule has 788 valence electrons. The Morgan fingerprint density at radius 2 is 0.731 bits per heavy atom. The second-order valence-corrected chi connectivity index (χ2v) is 47.4. The average molecular weight is 2090 g/mol. The lowest BCUT2D eigenvalue weighted by Crippen LogP contribution is -2.47. The second-order valence-electron chi connectivity index (χ2n) is 43.4. The first-order valence-corrected chi connectivity index (χ1v) is 53.0. The number of halogens is 6. The number of carbonyl (C=O) groups excluding carboxylic acids is 8. The fraction of sp³-hybridized carbons (Fsp3) is 0.608. The number of hydrogen-bond donors (Lipinski definition) is 12. The number of aliphatic hydroxyl groups excluding tert-OH is 1. The number of aryl methyl sites for hydroxylation is 4. The Hall–Kier alpha value is -10.5. The van der Waals surface area contributed by atoms with E-state index < -0.39 is 157 Å². The van der Waals surface area contributed by atoms with Crippen LogP contribution in [0.4, 0.5) is 49.6 Å². The normalized spacial score (nSPS) is 22.3. The zero-order chi connectivity index (χ0) is 106. The molecule has 9 atom stereocenters. The Bertz CT molecular complexity index is 6140. The van der Waals surface area contributed by atoms with E-state index in [-0.39, 0.29) is 91.3 Å². The number of aromatic nitrogens is 8. The van der Waals surface area contributed by atoms with E-state index in [1.165, 1.54) is 30.6 Å². The molecule has 0 spiro atoms. The molecular weight excluding hydrogens is 1960 g/mol. The van der Waals surface area contributed by atoms with Gasteiger partial charge in [0.2, 0.25) is 0 Å². The minimum atomic E-state index is -2.98. The molecule has 0 radical (unpaired) electrons. The van der Waals surface area contributed by atoms with Crippen molar-refractivity contribution in [3.05, 3.63) is 114 Å². The van der Waals surface area contributed by atoms with Gasteiger partial charge < -0.3 is 87.3 Å². The monoisotopic (exact) mass is 2090 g/mol. The van der Waals surface area contributed by atoms with Crippen molar-refractivity contribution in [2.75, 3.05) is 54.1 Å². The Labute approximate surface area is 857 Å². The highest BCUT2D eigenvalue weighted by Gasteiger charge is 2.52. The number of rotatable bonds is 28. The van der Waals surface area contributed by atoms with Crippen LogP contribution >= 0.6 is 45.3 Å². The summed E-state index contributed by atoms with van der Waals surface area (Å²) in [6.45, 7) is 35.6. The van der Waals surface area contributed by atoms with Crippen LogP contribution in [-0.4, -0.2) is 278 Å². The number of pyridine rings is 4. The van der Waals surface area contributed by atoms with Crippen molar-refractivity contribution in [1.29, 1.82) is 0 Å². The molecule has 9 fully saturated rings. The number of amides is 8. The molecular formula is C102H136F6N20O13S4. The van der Waals surface area contributed by atoms with Crippen LogP contribution in [0.5, 0.6) is 0 Å². The number of carbonyl (C=O) groups is 8. The van der Waals surface area contributed by atoms with E-state index in [9.17, 15) is 85.1 Å². The van der Waals surface area contributed by atoms with Gasteiger partial charge in [-0.2, -0.15) is 0 Å². The number of nitrogens with zero attached hydrogens (tertiary/aromatic N) is 12.